The molecule has 1 heterocycles. The van der Waals surface area contributed by atoms with Crippen molar-refractivity contribution in [2.45, 2.75) is 83.0 Å². The Hall–Kier alpha value is -2.92. The van der Waals surface area contributed by atoms with Gasteiger partial charge >= 0.3 is 6.18 Å². The highest BCUT2D eigenvalue weighted by Gasteiger charge is 2.66. The zero-order valence-electron chi connectivity index (χ0n) is 24.9. The highest BCUT2D eigenvalue weighted by Crippen LogP contribution is 2.70. The summed E-state index contributed by atoms with van der Waals surface area (Å²) in [5.74, 6) is 2.71. The molecule has 0 bridgehead atoms. The smallest absolute Gasteiger partial charge is 0.377 e. The van der Waals surface area contributed by atoms with Gasteiger partial charge in [-0.15, -0.1) is 0 Å². The number of ketones is 2. The Bertz CT molecular complexity index is 1410. The third-order valence-electron chi connectivity index (χ3n) is 11.1. The summed E-state index contributed by atoms with van der Waals surface area (Å²) in [5.41, 5.74) is 2.13. The van der Waals surface area contributed by atoms with Crippen molar-refractivity contribution in [2.24, 2.45) is 22.7 Å². The SMILES string of the molecule is COCC(=O)[C@@]1(C#CC(F)(F)F)CC[C@H]2[C@@H]3CC(F)C4=CC(=O)CCC4=C3C(c3ccc(N4CCCCC4)cc3)C[C@@]21C. The first-order valence-electron chi connectivity index (χ1n) is 15.6. The number of ether oxygens (including phenoxy) is 1. The Kier molecular flexibility index (Phi) is 7.86. The fourth-order valence-electron chi connectivity index (χ4n) is 9.20. The number of hydrogen-bond donors (Lipinski definition) is 0. The number of alkyl halides is 4. The van der Waals surface area contributed by atoms with Crippen molar-refractivity contribution in [3.63, 3.8) is 0 Å². The minimum Gasteiger partial charge on any atom is -0.377 e. The molecule has 2 saturated carbocycles. The Morgan fingerprint density at radius 2 is 1.84 bits per heavy atom. The van der Waals surface area contributed by atoms with Crippen LogP contribution in [0.3, 0.4) is 0 Å². The summed E-state index contributed by atoms with van der Waals surface area (Å²) in [4.78, 5) is 28.5. The number of carbonyl (C=O) groups excluding carboxylic acids is 2. The maximum Gasteiger partial charge on any atom is 0.457 e. The number of piperidine rings is 1. The standard InChI is InChI=1S/C35H39F4NO3/c1-33-20-28(22-6-8-23(9-7-22)40-16-4-3-5-17-40)32-25-11-10-24(41)18-26(25)30(36)19-27(32)29(33)12-13-34(33,31(42)21-43-2)14-15-35(37,38)39/h6-9,18,27-30H,3-5,10-13,16-17,19-21H2,1-2H3/t27-,28?,29-,30?,33-,34-/m0/s1. The molecule has 1 aliphatic heterocycles. The van der Waals surface area contributed by atoms with Crippen molar-refractivity contribution in [3.05, 3.63) is 52.6 Å². The molecule has 0 radical (unpaired) electrons. The molecule has 4 aliphatic carbocycles. The summed E-state index contributed by atoms with van der Waals surface area (Å²) < 4.78 is 61.7. The Morgan fingerprint density at radius 3 is 2.51 bits per heavy atom. The zero-order chi connectivity index (χ0) is 30.6. The van der Waals surface area contributed by atoms with Crippen molar-refractivity contribution in [2.75, 3.05) is 31.7 Å². The second kappa shape index (κ2) is 11.2. The van der Waals surface area contributed by atoms with Crippen molar-refractivity contribution < 1.29 is 31.9 Å². The summed E-state index contributed by atoms with van der Waals surface area (Å²) in [6.45, 7) is 3.58. The fraction of sp³-hybridized carbons (Fsp3) is 0.600. The van der Waals surface area contributed by atoms with E-state index in [1.165, 1.54) is 25.5 Å². The minimum atomic E-state index is -4.75. The lowest BCUT2D eigenvalue weighted by molar-refractivity contribution is -0.137. The average Bonchev–Trinajstić information content (AvgIpc) is 3.29. The van der Waals surface area contributed by atoms with E-state index in [2.05, 4.69) is 35.1 Å². The summed E-state index contributed by atoms with van der Waals surface area (Å²) in [7, 11) is 1.36. The van der Waals surface area contributed by atoms with E-state index in [1.807, 2.05) is 6.92 Å². The Morgan fingerprint density at radius 1 is 1.12 bits per heavy atom. The summed E-state index contributed by atoms with van der Waals surface area (Å²) in [5, 5.41) is 0. The van der Waals surface area contributed by atoms with Crippen molar-refractivity contribution in [3.8, 4) is 11.8 Å². The Balaban J connectivity index is 1.50. The molecule has 43 heavy (non-hydrogen) atoms. The molecule has 1 aromatic rings. The topological polar surface area (TPSA) is 46.6 Å². The van der Waals surface area contributed by atoms with E-state index in [0.717, 1.165) is 48.3 Å². The largest absolute Gasteiger partial charge is 0.457 e. The average molecular weight is 598 g/mol. The fourth-order valence-corrected chi connectivity index (χ4v) is 9.20. The minimum absolute atomic E-state index is 0.0731. The number of rotatable bonds is 5. The molecule has 4 nitrogen and oxygen atoms in total. The van der Waals surface area contributed by atoms with Gasteiger partial charge in [-0.05, 0) is 104 Å². The van der Waals surface area contributed by atoms with Gasteiger partial charge in [0.15, 0.2) is 11.6 Å². The highest BCUT2D eigenvalue weighted by atomic mass is 19.4. The van der Waals surface area contributed by atoms with Crippen LogP contribution in [0.5, 0.6) is 0 Å². The molecule has 6 atom stereocenters. The molecule has 2 unspecified atom stereocenters. The molecule has 1 aromatic carbocycles. The molecule has 230 valence electrons. The lowest BCUT2D eigenvalue weighted by Crippen LogP contribution is -2.52. The van der Waals surface area contributed by atoms with Crippen LogP contribution in [0, 0.1) is 34.5 Å². The molecule has 0 N–H and O–H groups in total. The molecular formula is C35H39F4NO3. The number of nitrogens with zero attached hydrogens (tertiary/aromatic N) is 1. The number of carbonyl (C=O) groups is 2. The molecule has 5 aliphatic rings. The molecule has 0 spiro atoms. The van der Waals surface area contributed by atoms with Crippen LogP contribution < -0.4 is 4.90 Å². The Labute approximate surface area is 250 Å². The monoisotopic (exact) mass is 597 g/mol. The number of methoxy groups -OCH3 is 1. The van der Waals surface area contributed by atoms with Crippen molar-refractivity contribution >= 4 is 17.3 Å². The lowest BCUT2D eigenvalue weighted by atomic mass is 9.48. The number of fused-ring (bicyclic) bond motifs is 4. The number of Topliss-reactive ketones (excluding diaryl/α,β-unsaturated/α-hetero) is 1. The maximum absolute atomic E-state index is 15.9. The van der Waals surface area contributed by atoms with E-state index in [9.17, 15) is 22.8 Å². The predicted molar refractivity (Wildman–Crippen MR) is 156 cm³/mol. The van der Waals surface area contributed by atoms with Gasteiger partial charge in [0.25, 0.3) is 0 Å². The maximum atomic E-state index is 15.9. The molecule has 6 rings (SSSR count). The molecule has 0 aromatic heterocycles. The van der Waals surface area contributed by atoms with Gasteiger partial charge in [-0.2, -0.15) is 13.2 Å². The molecule has 0 amide bonds. The van der Waals surface area contributed by atoms with Crippen LogP contribution in [-0.4, -0.2) is 50.7 Å². The first kappa shape index (κ1) is 30.1. The summed E-state index contributed by atoms with van der Waals surface area (Å²) in [6, 6.07) is 8.41. The van der Waals surface area contributed by atoms with E-state index in [0.29, 0.717) is 31.3 Å². The van der Waals surface area contributed by atoms with Crippen LogP contribution in [-0.2, 0) is 14.3 Å². The third kappa shape index (κ3) is 5.16. The number of allylic oxidation sites excluding steroid dienone is 4. The van der Waals surface area contributed by atoms with Crippen molar-refractivity contribution in [1.29, 1.82) is 0 Å². The summed E-state index contributed by atoms with van der Waals surface area (Å²) in [6.07, 6.45) is 0.916. The van der Waals surface area contributed by atoms with Gasteiger partial charge in [0.1, 0.15) is 12.8 Å². The van der Waals surface area contributed by atoms with Gasteiger partial charge < -0.3 is 9.64 Å². The second-order valence-corrected chi connectivity index (χ2v) is 13.3. The first-order chi connectivity index (χ1) is 20.5. The number of benzene rings is 1. The third-order valence-corrected chi connectivity index (χ3v) is 11.1. The van der Waals surface area contributed by atoms with Gasteiger partial charge in [0.05, 0.1) is 5.41 Å². The first-order valence-corrected chi connectivity index (χ1v) is 15.6. The highest BCUT2D eigenvalue weighted by molar-refractivity contribution is 5.93. The van der Waals surface area contributed by atoms with Crippen molar-refractivity contribution in [1.82, 2.24) is 0 Å². The van der Waals surface area contributed by atoms with E-state index >= 15 is 4.39 Å². The normalized spacial score (nSPS) is 34.0. The molecule has 8 heteroatoms. The van der Waals surface area contributed by atoms with Gasteiger partial charge in [0, 0.05) is 44.1 Å². The lowest BCUT2D eigenvalue weighted by Gasteiger charge is -2.55. The van der Waals surface area contributed by atoms with E-state index in [4.69, 9.17) is 4.74 Å². The zero-order valence-corrected chi connectivity index (χ0v) is 24.9. The van der Waals surface area contributed by atoms with Crippen LogP contribution in [0.2, 0.25) is 0 Å². The van der Waals surface area contributed by atoms with Gasteiger partial charge in [-0.1, -0.05) is 30.6 Å². The van der Waals surface area contributed by atoms with Gasteiger partial charge in [-0.3, -0.25) is 9.59 Å². The van der Waals surface area contributed by atoms with Gasteiger partial charge in [0.2, 0.25) is 0 Å². The predicted octanol–water partition coefficient (Wildman–Crippen LogP) is 7.29. The van der Waals surface area contributed by atoms with E-state index < -0.39 is 29.0 Å². The van der Waals surface area contributed by atoms with Crippen LogP contribution in [0.4, 0.5) is 23.2 Å². The van der Waals surface area contributed by atoms with E-state index in [1.54, 1.807) is 0 Å². The molecule has 1 saturated heterocycles. The molecular weight excluding hydrogens is 558 g/mol. The number of hydrogen-bond acceptors (Lipinski definition) is 4. The second-order valence-electron chi connectivity index (χ2n) is 13.3. The van der Waals surface area contributed by atoms with Crippen LogP contribution >= 0.6 is 0 Å². The van der Waals surface area contributed by atoms with Gasteiger partial charge in [-0.25, -0.2) is 4.39 Å². The number of halogens is 4. The number of anilines is 1. The van der Waals surface area contributed by atoms with Crippen LogP contribution in [0.1, 0.15) is 76.2 Å². The molecule has 3 fully saturated rings. The van der Waals surface area contributed by atoms with Crippen LogP contribution in [0.15, 0.2) is 47.1 Å². The van der Waals surface area contributed by atoms with Crippen LogP contribution in [0.25, 0.3) is 0 Å². The quantitative estimate of drug-likeness (QED) is 0.264. The summed E-state index contributed by atoms with van der Waals surface area (Å²) >= 11 is 0. The van der Waals surface area contributed by atoms with E-state index in [-0.39, 0.29) is 43.0 Å².